The molecule has 0 bridgehead atoms. The molecular formula is C14H11N3O2S2. The maximum Gasteiger partial charge on any atom is 0.303 e. The van der Waals surface area contributed by atoms with Crippen LogP contribution >= 0.6 is 22.9 Å². The fourth-order valence-corrected chi connectivity index (χ4v) is 3.33. The van der Waals surface area contributed by atoms with E-state index in [0.29, 0.717) is 6.42 Å². The first-order valence-electron chi connectivity index (χ1n) is 6.28. The molecule has 3 aromatic rings. The van der Waals surface area contributed by atoms with Crippen molar-refractivity contribution in [1.29, 1.82) is 0 Å². The van der Waals surface area contributed by atoms with E-state index in [-0.39, 0.29) is 6.42 Å². The van der Waals surface area contributed by atoms with Gasteiger partial charge in [0.25, 0.3) is 0 Å². The van der Waals surface area contributed by atoms with Crippen LogP contribution in [-0.2, 0) is 4.79 Å². The second-order valence-corrected chi connectivity index (χ2v) is 6.02. The van der Waals surface area contributed by atoms with E-state index in [1.54, 1.807) is 11.3 Å². The maximum atomic E-state index is 10.8. The van der Waals surface area contributed by atoms with Crippen molar-refractivity contribution >= 4 is 50.7 Å². The smallest absolute Gasteiger partial charge is 0.303 e. The van der Waals surface area contributed by atoms with Crippen molar-refractivity contribution < 1.29 is 9.90 Å². The van der Waals surface area contributed by atoms with Gasteiger partial charge >= 0.3 is 5.97 Å². The van der Waals surface area contributed by atoms with Crippen LogP contribution in [0.1, 0.15) is 23.5 Å². The third kappa shape index (κ3) is 3.32. The molecule has 0 amide bonds. The monoisotopic (exact) mass is 317 g/mol. The Hall–Kier alpha value is -2.12. The first-order valence-corrected chi connectivity index (χ1v) is 7.93. The summed E-state index contributed by atoms with van der Waals surface area (Å²) in [6, 6.07) is 7.87. The lowest BCUT2D eigenvalue weighted by atomic mass is 10.1. The summed E-state index contributed by atoms with van der Waals surface area (Å²) in [4.78, 5) is 15.4. The van der Waals surface area contributed by atoms with E-state index in [9.17, 15) is 4.79 Å². The number of thiazole rings is 1. The Morgan fingerprint density at radius 2 is 2.14 bits per heavy atom. The molecule has 0 saturated carbocycles. The molecular weight excluding hydrogens is 306 g/mol. The molecule has 0 unspecified atom stereocenters. The van der Waals surface area contributed by atoms with E-state index >= 15 is 0 Å². The molecule has 0 saturated heterocycles. The average molecular weight is 317 g/mol. The van der Waals surface area contributed by atoms with Gasteiger partial charge in [-0.15, -0.1) is 16.4 Å². The Kier molecular flexibility index (Phi) is 4.03. The van der Waals surface area contributed by atoms with Crippen molar-refractivity contribution in [3.8, 4) is 0 Å². The van der Waals surface area contributed by atoms with Gasteiger partial charge in [-0.25, -0.2) is 4.98 Å². The molecule has 1 aromatic carbocycles. The molecule has 1 N–H and O–H groups in total. The van der Waals surface area contributed by atoms with Crippen LogP contribution in [-0.4, -0.2) is 25.6 Å². The number of hydrogen-bond acceptors (Lipinski definition) is 6. The van der Waals surface area contributed by atoms with Crippen LogP contribution in [0.4, 0.5) is 0 Å². The average Bonchev–Trinajstić information content (AvgIpc) is 3.11. The summed E-state index contributed by atoms with van der Waals surface area (Å²) in [6.07, 6.45) is 2.36. The summed E-state index contributed by atoms with van der Waals surface area (Å²) >= 11 is 2.83. The summed E-state index contributed by atoms with van der Waals surface area (Å²) in [5, 5.41) is 15.6. The molecule has 0 aliphatic carbocycles. The molecule has 5 nitrogen and oxygen atoms in total. The highest BCUT2D eigenvalue weighted by atomic mass is 32.1. The largest absolute Gasteiger partial charge is 0.481 e. The fraction of sp³-hybridized carbons (Fsp3) is 0.143. The van der Waals surface area contributed by atoms with Crippen LogP contribution in [0.3, 0.4) is 0 Å². The van der Waals surface area contributed by atoms with Crippen molar-refractivity contribution in [2.24, 2.45) is 0 Å². The van der Waals surface area contributed by atoms with Crippen LogP contribution in [0, 0.1) is 0 Å². The number of rotatable bonds is 5. The molecule has 0 atom stereocenters. The minimum atomic E-state index is -0.821. The molecule has 0 fully saturated rings. The number of benzene rings is 1. The Labute approximate surface area is 128 Å². The zero-order chi connectivity index (χ0) is 14.7. The Balaban J connectivity index is 1.99. The Morgan fingerprint density at radius 1 is 1.29 bits per heavy atom. The van der Waals surface area contributed by atoms with Crippen molar-refractivity contribution in [3.05, 3.63) is 40.3 Å². The number of carbonyl (C=O) groups is 1. The van der Waals surface area contributed by atoms with Gasteiger partial charge in [0, 0.05) is 11.8 Å². The lowest BCUT2D eigenvalue weighted by molar-refractivity contribution is -0.136. The molecule has 0 aliphatic rings. The lowest BCUT2D eigenvalue weighted by Gasteiger charge is -2.01. The minimum absolute atomic E-state index is 0.0688. The molecule has 3 rings (SSSR count). The van der Waals surface area contributed by atoms with Gasteiger partial charge in [-0.1, -0.05) is 16.6 Å². The standard InChI is InChI=1S/C14H11N3O2S2/c18-13(19)6-5-9(7-10-8-20-17-16-10)14-15-11-3-1-2-4-12(11)21-14/h1-4,7-8H,5-6H2,(H,18,19)/b9-7-. The highest BCUT2D eigenvalue weighted by molar-refractivity contribution is 7.19. The Bertz CT molecular complexity index is 761. The fourth-order valence-electron chi connectivity index (χ4n) is 1.91. The molecule has 2 aromatic heterocycles. The van der Waals surface area contributed by atoms with Crippen LogP contribution < -0.4 is 0 Å². The van der Waals surface area contributed by atoms with Gasteiger partial charge < -0.3 is 5.11 Å². The number of aliphatic carboxylic acids is 1. The Morgan fingerprint density at radius 3 is 2.86 bits per heavy atom. The number of fused-ring (bicyclic) bond motifs is 1. The van der Waals surface area contributed by atoms with E-state index in [0.717, 1.165) is 26.5 Å². The minimum Gasteiger partial charge on any atom is -0.481 e. The number of aromatic nitrogens is 3. The molecule has 21 heavy (non-hydrogen) atoms. The molecule has 2 heterocycles. The van der Waals surface area contributed by atoms with Gasteiger partial charge in [0.1, 0.15) is 5.01 Å². The van der Waals surface area contributed by atoms with Crippen molar-refractivity contribution in [1.82, 2.24) is 14.6 Å². The summed E-state index contributed by atoms with van der Waals surface area (Å²) in [6.45, 7) is 0. The maximum absolute atomic E-state index is 10.8. The van der Waals surface area contributed by atoms with E-state index in [2.05, 4.69) is 14.6 Å². The van der Waals surface area contributed by atoms with Crippen molar-refractivity contribution in [2.75, 3.05) is 0 Å². The van der Waals surface area contributed by atoms with Crippen molar-refractivity contribution in [3.63, 3.8) is 0 Å². The second kappa shape index (κ2) is 6.11. The number of allylic oxidation sites excluding steroid dienone is 1. The lowest BCUT2D eigenvalue weighted by Crippen LogP contribution is -1.95. The molecule has 0 radical (unpaired) electrons. The number of carboxylic acids is 1. The number of nitrogens with zero attached hydrogens (tertiary/aromatic N) is 3. The van der Waals surface area contributed by atoms with Crippen LogP contribution in [0.2, 0.25) is 0 Å². The summed E-state index contributed by atoms with van der Waals surface area (Å²) in [5.41, 5.74) is 2.54. The van der Waals surface area contributed by atoms with E-state index < -0.39 is 5.97 Å². The first-order chi connectivity index (χ1) is 10.2. The predicted octanol–water partition coefficient (Wildman–Crippen LogP) is 3.55. The van der Waals surface area contributed by atoms with Gasteiger partial charge in [0.05, 0.1) is 15.9 Å². The van der Waals surface area contributed by atoms with E-state index in [4.69, 9.17) is 5.11 Å². The SMILES string of the molecule is O=C(O)CC/C(=C/c1csnn1)c1nc2ccccc2s1. The highest BCUT2D eigenvalue weighted by Crippen LogP contribution is 2.30. The topological polar surface area (TPSA) is 76.0 Å². The molecule has 0 spiro atoms. The number of hydrogen-bond donors (Lipinski definition) is 1. The van der Waals surface area contributed by atoms with Gasteiger partial charge in [0.2, 0.25) is 0 Å². The van der Waals surface area contributed by atoms with E-state index in [1.165, 1.54) is 11.5 Å². The van der Waals surface area contributed by atoms with Gasteiger partial charge in [-0.05, 0) is 41.7 Å². The normalized spacial score (nSPS) is 11.9. The van der Waals surface area contributed by atoms with Crippen LogP contribution in [0.5, 0.6) is 0 Å². The third-order valence-corrected chi connectivity index (χ3v) is 4.51. The molecule has 0 aliphatic heterocycles. The molecule has 106 valence electrons. The summed E-state index contributed by atoms with van der Waals surface area (Å²) in [7, 11) is 0. The second-order valence-electron chi connectivity index (χ2n) is 4.38. The summed E-state index contributed by atoms with van der Waals surface area (Å²) in [5.74, 6) is -0.821. The highest BCUT2D eigenvalue weighted by Gasteiger charge is 2.11. The van der Waals surface area contributed by atoms with E-state index in [1.807, 2.05) is 35.7 Å². The zero-order valence-corrected chi connectivity index (χ0v) is 12.5. The first kappa shape index (κ1) is 13.8. The predicted molar refractivity (Wildman–Crippen MR) is 84.3 cm³/mol. The summed E-state index contributed by atoms with van der Waals surface area (Å²) < 4.78 is 4.91. The van der Waals surface area contributed by atoms with Crippen molar-refractivity contribution in [2.45, 2.75) is 12.8 Å². The van der Waals surface area contributed by atoms with Gasteiger partial charge in [0.15, 0.2) is 0 Å². The van der Waals surface area contributed by atoms with Crippen LogP contribution in [0.25, 0.3) is 21.9 Å². The van der Waals surface area contributed by atoms with Gasteiger partial charge in [-0.3, -0.25) is 4.79 Å². The quantitative estimate of drug-likeness (QED) is 0.778. The molecule has 7 heteroatoms. The number of para-hydroxylation sites is 1. The number of carboxylic acid groups (broad SMARTS) is 1. The van der Waals surface area contributed by atoms with Gasteiger partial charge in [-0.2, -0.15) is 0 Å². The zero-order valence-electron chi connectivity index (χ0n) is 10.9. The van der Waals surface area contributed by atoms with Crippen LogP contribution in [0.15, 0.2) is 29.6 Å². The third-order valence-electron chi connectivity index (χ3n) is 2.88.